The molecule has 102 valence electrons. The number of likely N-dealkylation sites (N-methyl/N-ethyl adjacent to an activating group) is 1. The van der Waals surface area contributed by atoms with Crippen molar-refractivity contribution in [3.8, 4) is 0 Å². The van der Waals surface area contributed by atoms with Crippen LogP contribution in [0.1, 0.15) is 5.56 Å². The zero-order valence-electron chi connectivity index (χ0n) is 10.9. The first-order valence-corrected chi connectivity index (χ1v) is 6.72. The summed E-state index contributed by atoms with van der Waals surface area (Å²) in [6.07, 6.45) is 0. The average Bonchev–Trinajstić information content (AvgIpc) is 2.34. The largest absolute Gasteiger partial charge is 0.383 e. The summed E-state index contributed by atoms with van der Waals surface area (Å²) in [6.45, 7) is 4.22. The molecule has 0 bridgehead atoms. The lowest BCUT2D eigenvalue weighted by Gasteiger charge is -2.18. The molecule has 1 rings (SSSR count). The van der Waals surface area contributed by atoms with Gasteiger partial charge in [0.2, 0.25) is 0 Å². The molecule has 18 heavy (non-hydrogen) atoms. The Morgan fingerprint density at radius 2 is 1.89 bits per heavy atom. The van der Waals surface area contributed by atoms with E-state index >= 15 is 0 Å². The van der Waals surface area contributed by atoms with Gasteiger partial charge in [-0.25, -0.2) is 0 Å². The first-order valence-electron chi connectivity index (χ1n) is 5.96. The van der Waals surface area contributed by atoms with Crippen molar-refractivity contribution in [2.24, 2.45) is 0 Å². The standard InChI is InChI=1S/C13H20Cl2N2O/c1-17(8-6-16-7-9-18-2)10-11-12(14)4-3-5-13(11)15/h3-5,16H,6-10H2,1-2H3. The molecule has 0 saturated carbocycles. The molecule has 1 aromatic carbocycles. The number of hydrogen-bond acceptors (Lipinski definition) is 3. The Bertz CT molecular complexity index is 341. The summed E-state index contributed by atoms with van der Waals surface area (Å²) >= 11 is 12.3. The summed E-state index contributed by atoms with van der Waals surface area (Å²) in [5.74, 6) is 0. The van der Waals surface area contributed by atoms with Crippen LogP contribution < -0.4 is 5.32 Å². The van der Waals surface area contributed by atoms with Gasteiger partial charge in [-0.15, -0.1) is 0 Å². The summed E-state index contributed by atoms with van der Waals surface area (Å²) in [6, 6.07) is 5.60. The van der Waals surface area contributed by atoms with E-state index in [9.17, 15) is 0 Å². The van der Waals surface area contributed by atoms with Crippen molar-refractivity contribution in [1.82, 2.24) is 10.2 Å². The van der Waals surface area contributed by atoms with Crippen molar-refractivity contribution in [1.29, 1.82) is 0 Å². The fourth-order valence-corrected chi connectivity index (χ4v) is 2.12. The van der Waals surface area contributed by atoms with Crippen LogP contribution in [0.2, 0.25) is 10.0 Å². The van der Waals surface area contributed by atoms with Crippen LogP contribution in [0.3, 0.4) is 0 Å². The second kappa shape index (κ2) is 8.73. The van der Waals surface area contributed by atoms with Crippen LogP contribution in [0.15, 0.2) is 18.2 Å². The molecular formula is C13H20Cl2N2O. The van der Waals surface area contributed by atoms with Gasteiger partial charge in [0.1, 0.15) is 0 Å². The molecule has 0 spiro atoms. The molecule has 0 aliphatic heterocycles. The Morgan fingerprint density at radius 1 is 1.22 bits per heavy atom. The van der Waals surface area contributed by atoms with Gasteiger partial charge in [-0.05, 0) is 19.2 Å². The van der Waals surface area contributed by atoms with Gasteiger partial charge in [0, 0.05) is 48.9 Å². The third kappa shape index (κ3) is 5.55. The average molecular weight is 291 g/mol. The molecular weight excluding hydrogens is 271 g/mol. The van der Waals surface area contributed by atoms with Gasteiger partial charge in [0.05, 0.1) is 6.61 Å². The predicted octanol–water partition coefficient (Wildman–Crippen LogP) is 2.66. The van der Waals surface area contributed by atoms with E-state index in [1.165, 1.54) is 0 Å². The van der Waals surface area contributed by atoms with Crippen molar-refractivity contribution in [3.63, 3.8) is 0 Å². The Labute approximate surface area is 119 Å². The lowest BCUT2D eigenvalue weighted by atomic mass is 10.2. The highest BCUT2D eigenvalue weighted by Crippen LogP contribution is 2.25. The molecule has 0 atom stereocenters. The molecule has 0 saturated heterocycles. The zero-order valence-corrected chi connectivity index (χ0v) is 12.4. The van der Waals surface area contributed by atoms with Gasteiger partial charge < -0.3 is 15.0 Å². The Morgan fingerprint density at radius 3 is 2.50 bits per heavy atom. The normalized spacial score (nSPS) is 11.2. The first-order chi connectivity index (χ1) is 8.65. The highest BCUT2D eigenvalue weighted by atomic mass is 35.5. The highest BCUT2D eigenvalue weighted by Gasteiger charge is 2.07. The summed E-state index contributed by atoms with van der Waals surface area (Å²) in [5.41, 5.74) is 0.986. The van der Waals surface area contributed by atoms with Crippen molar-refractivity contribution in [2.75, 3.05) is 40.4 Å². The summed E-state index contributed by atoms with van der Waals surface area (Å²) in [4.78, 5) is 2.19. The van der Waals surface area contributed by atoms with E-state index in [2.05, 4.69) is 17.3 Å². The van der Waals surface area contributed by atoms with Gasteiger partial charge in [-0.3, -0.25) is 0 Å². The van der Waals surface area contributed by atoms with Gasteiger partial charge in [0.25, 0.3) is 0 Å². The lowest BCUT2D eigenvalue weighted by molar-refractivity contribution is 0.197. The number of benzene rings is 1. The second-order valence-electron chi connectivity index (χ2n) is 4.18. The molecule has 0 aromatic heterocycles. The summed E-state index contributed by atoms with van der Waals surface area (Å²) in [5, 5.41) is 4.75. The monoisotopic (exact) mass is 290 g/mol. The van der Waals surface area contributed by atoms with Crippen molar-refractivity contribution in [2.45, 2.75) is 6.54 Å². The maximum Gasteiger partial charge on any atom is 0.0587 e. The number of rotatable bonds is 8. The minimum absolute atomic E-state index is 0.724. The number of nitrogens with one attached hydrogen (secondary N) is 1. The fraction of sp³-hybridized carbons (Fsp3) is 0.538. The second-order valence-corrected chi connectivity index (χ2v) is 5.00. The lowest BCUT2D eigenvalue weighted by Crippen LogP contribution is -2.30. The topological polar surface area (TPSA) is 24.5 Å². The molecule has 0 amide bonds. The van der Waals surface area contributed by atoms with E-state index in [0.29, 0.717) is 0 Å². The number of nitrogens with zero attached hydrogens (tertiary/aromatic N) is 1. The van der Waals surface area contributed by atoms with E-state index in [0.717, 1.165) is 48.4 Å². The van der Waals surface area contributed by atoms with Gasteiger partial charge in [-0.2, -0.15) is 0 Å². The summed E-state index contributed by atoms with van der Waals surface area (Å²) < 4.78 is 4.96. The van der Waals surface area contributed by atoms with Gasteiger partial charge in [0.15, 0.2) is 0 Å². The minimum atomic E-state index is 0.724. The molecule has 0 aliphatic rings. The molecule has 0 unspecified atom stereocenters. The van der Waals surface area contributed by atoms with E-state index in [-0.39, 0.29) is 0 Å². The van der Waals surface area contributed by atoms with Gasteiger partial charge in [-0.1, -0.05) is 29.3 Å². The van der Waals surface area contributed by atoms with E-state index in [4.69, 9.17) is 27.9 Å². The van der Waals surface area contributed by atoms with E-state index in [1.807, 2.05) is 18.2 Å². The molecule has 1 aromatic rings. The minimum Gasteiger partial charge on any atom is -0.383 e. The van der Waals surface area contributed by atoms with E-state index in [1.54, 1.807) is 7.11 Å². The van der Waals surface area contributed by atoms with Crippen LogP contribution in [-0.2, 0) is 11.3 Å². The quantitative estimate of drug-likeness (QED) is 0.745. The van der Waals surface area contributed by atoms with Crippen LogP contribution in [0.4, 0.5) is 0 Å². The van der Waals surface area contributed by atoms with Crippen molar-refractivity contribution < 1.29 is 4.74 Å². The predicted molar refractivity (Wildman–Crippen MR) is 77.5 cm³/mol. The molecule has 1 N–H and O–H groups in total. The van der Waals surface area contributed by atoms with Crippen molar-refractivity contribution in [3.05, 3.63) is 33.8 Å². The fourth-order valence-electron chi connectivity index (χ4n) is 1.60. The third-order valence-electron chi connectivity index (χ3n) is 2.64. The number of halogens is 2. The Hall–Kier alpha value is -0.320. The van der Waals surface area contributed by atoms with Gasteiger partial charge >= 0.3 is 0 Å². The molecule has 0 heterocycles. The maximum atomic E-state index is 6.13. The number of methoxy groups -OCH3 is 1. The van der Waals surface area contributed by atoms with Crippen LogP contribution in [0.5, 0.6) is 0 Å². The molecule has 0 aliphatic carbocycles. The Balaban J connectivity index is 2.33. The number of hydrogen-bond donors (Lipinski definition) is 1. The maximum absolute atomic E-state index is 6.13. The Kier molecular flexibility index (Phi) is 7.63. The highest BCUT2D eigenvalue weighted by molar-refractivity contribution is 6.35. The SMILES string of the molecule is COCCNCCN(C)Cc1c(Cl)cccc1Cl. The van der Waals surface area contributed by atoms with Crippen LogP contribution >= 0.6 is 23.2 Å². The molecule has 0 radical (unpaired) electrons. The van der Waals surface area contributed by atoms with Crippen LogP contribution in [0.25, 0.3) is 0 Å². The van der Waals surface area contributed by atoms with Crippen LogP contribution in [-0.4, -0.2) is 45.3 Å². The molecule has 5 heteroatoms. The van der Waals surface area contributed by atoms with Crippen molar-refractivity contribution >= 4 is 23.2 Å². The summed E-state index contributed by atoms with van der Waals surface area (Å²) in [7, 11) is 3.75. The molecule has 3 nitrogen and oxygen atoms in total. The first kappa shape index (κ1) is 15.7. The molecule has 0 fully saturated rings. The van der Waals surface area contributed by atoms with Crippen LogP contribution in [0, 0.1) is 0 Å². The number of ether oxygens (including phenoxy) is 1. The zero-order chi connectivity index (χ0) is 13.4. The smallest absolute Gasteiger partial charge is 0.0587 e. The third-order valence-corrected chi connectivity index (χ3v) is 3.35. The van der Waals surface area contributed by atoms with E-state index < -0.39 is 0 Å².